The van der Waals surface area contributed by atoms with E-state index in [0.717, 1.165) is 35.1 Å². The number of hydrogen-bond donors (Lipinski definition) is 2. The minimum atomic E-state index is 0. The average Bonchev–Trinajstić information content (AvgIpc) is 3.14. The number of imidazole rings is 1. The molecule has 0 aliphatic rings. The highest BCUT2D eigenvalue weighted by Gasteiger charge is 2.08. The molecule has 0 radical (unpaired) electrons. The van der Waals surface area contributed by atoms with Crippen molar-refractivity contribution in [3.05, 3.63) is 48.0 Å². The van der Waals surface area contributed by atoms with Gasteiger partial charge >= 0.3 is 0 Å². The van der Waals surface area contributed by atoms with Gasteiger partial charge in [0, 0.05) is 26.8 Å². The van der Waals surface area contributed by atoms with Gasteiger partial charge in [-0.1, -0.05) is 12.1 Å². The molecule has 0 unspecified atom stereocenters. The Labute approximate surface area is 164 Å². The maximum atomic E-state index is 4.67. The predicted octanol–water partition coefficient (Wildman–Crippen LogP) is 2.18. The number of rotatable bonds is 5. The lowest BCUT2D eigenvalue weighted by Crippen LogP contribution is -2.37. The van der Waals surface area contributed by atoms with Crippen molar-refractivity contribution < 1.29 is 0 Å². The van der Waals surface area contributed by atoms with Crippen molar-refractivity contribution in [2.24, 2.45) is 19.1 Å². The average molecular weight is 453 g/mol. The van der Waals surface area contributed by atoms with Crippen molar-refractivity contribution in [3.63, 3.8) is 0 Å². The standard InChI is InChI=1S/C17H23N7.HI/c1-4-18-17(19-11-13-9-10-21-24(13)3)20-12-16-22-14-7-5-6-8-15(14)23(16)2;/h5-10H,4,11-12H2,1-3H3,(H2,18,19,20);1H. The van der Waals surface area contributed by atoms with E-state index >= 15 is 0 Å². The molecule has 0 saturated heterocycles. The number of fused-ring (bicyclic) bond motifs is 1. The third kappa shape index (κ3) is 4.50. The van der Waals surface area contributed by atoms with Crippen LogP contribution in [0.2, 0.25) is 0 Å². The molecule has 3 aromatic rings. The zero-order valence-corrected chi connectivity index (χ0v) is 17.1. The van der Waals surface area contributed by atoms with Gasteiger partial charge in [-0.3, -0.25) is 4.68 Å². The van der Waals surface area contributed by atoms with Gasteiger partial charge in [-0.05, 0) is 25.1 Å². The molecule has 134 valence electrons. The first-order valence-electron chi connectivity index (χ1n) is 8.08. The number of hydrogen-bond acceptors (Lipinski definition) is 3. The van der Waals surface area contributed by atoms with Crippen molar-refractivity contribution >= 4 is 41.0 Å². The molecule has 0 fully saturated rings. The first-order valence-corrected chi connectivity index (χ1v) is 8.08. The second kappa shape index (κ2) is 8.84. The van der Waals surface area contributed by atoms with Crippen molar-refractivity contribution in [2.75, 3.05) is 6.54 Å². The monoisotopic (exact) mass is 453 g/mol. The van der Waals surface area contributed by atoms with Crippen molar-refractivity contribution in [3.8, 4) is 0 Å². The summed E-state index contributed by atoms with van der Waals surface area (Å²) in [6.45, 7) is 4.05. The lowest BCUT2D eigenvalue weighted by molar-refractivity contribution is 0.702. The number of benzene rings is 1. The zero-order chi connectivity index (χ0) is 16.9. The second-order valence-corrected chi connectivity index (χ2v) is 5.57. The van der Waals surface area contributed by atoms with Gasteiger partial charge in [0.2, 0.25) is 0 Å². The van der Waals surface area contributed by atoms with E-state index in [1.807, 2.05) is 43.0 Å². The Bertz CT molecular complexity index is 850. The number of para-hydroxylation sites is 2. The summed E-state index contributed by atoms with van der Waals surface area (Å²) in [6, 6.07) is 10.1. The van der Waals surface area contributed by atoms with Crippen LogP contribution < -0.4 is 10.6 Å². The highest BCUT2D eigenvalue weighted by molar-refractivity contribution is 14.0. The summed E-state index contributed by atoms with van der Waals surface area (Å²) < 4.78 is 3.94. The number of nitrogens with one attached hydrogen (secondary N) is 2. The van der Waals surface area contributed by atoms with Crippen LogP contribution in [0.25, 0.3) is 11.0 Å². The van der Waals surface area contributed by atoms with E-state index < -0.39 is 0 Å². The molecule has 0 saturated carbocycles. The normalized spacial score (nSPS) is 11.4. The van der Waals surface area contributed by atoms with Gasteiger partial charge in [0.15, 0.2) is 5.96 Å². The largest absolute Gasteiger partial charge is 0.357 e. The molecule has 1 aromatic carbocycles. The van der Waals surface area contributed by atoms with E-state index in [4.69, 9.17) is 0 Å². The quantitative estimate of drug-likeness (QED) is 0.353. The summed E-state index contributed by atoms with van der Waals surface area (Å²) in [4.78, 5) is 9.28. The summed E-state index contributed by atoms with van der Waals surface area (Å²) >= 11 is 0. The van der Waals surface area contributed by atoms with Crippen molar-refractivity contribution in [1.29, 1.82) is 0 Å². The molecular formula is C17H24IN7. The Morgan fingerprint density at radius 2 is 1.96 bits per heavy atom. The SMILES string of the molecule is CCNC(=NCc1ccnn1C)NCc1nc2ccccc2n1C.I. The first-order chi connectivity index (χ1) is 11.7. The molecule has 25 heavy (non-hydrogen) atoms. The Hall–Kier alpha value is -2.10. The molecule has 7 nitrogen and oxygen atoms in total. The molecule has 0 aliphatic carbocycles. The molecule has 0 bridgehead atoms. The molecule has 2 heterocycles. The Morgan fingerprint density at radius 3 is 2.64 bits per heavy atom. The molecule has 0 atom stereocenters. The Kier molecular flexibility index (Phi) is 6.80. The van der Waals surface area contributed by atoms with Gasteiger partial charge in [-0.25, -0.2) is 9.98 Å². The third-order valence-electron chi connectivity index (χ3n) is 3.96. The van der Waals surface area contributed by atoms with E-state index in [9.17, 15) is 0 Å². The minimum absolute atomic E-state index is 0. The van der Waals surface area contributed by atoms with Crippen molar-refractivity contribution in [1.82, 2.24) is 30.0 Å². The molecule has 0 spiro atoms. The van der Waals surface area contributed by atoms with Crippen LogP contribution in [-0.2, 0) is 27.2 Å². The number of aryl methyl sites for hydroxylation is 2. The van der Waals surface area contributed by atoms with Gasteiger partial charge in [-0.15, -0.1) is 24.0 Å². The first kappa shape index (κ1) is 19.2. The van der Waals surface area contributed by atoms with Crippen LogP contribution in [0.5, 0.6) is 0 Å². The lowest BCUT2D eigenvalue weighted by atomic mass is 10.3. The van der Waals surface area contributed by atoms with Gasteiger partial charge in [0.1, 0.15) is 5.82 Å². The van der Waals surface area contributed by atoms with Crippen LogP contribution >= 0.6 is 24.0 Å². The highest BCUT2D eigenvalue weighted by Crippen LogP contribution is 2.13. The molecule has 0 aliphatic heterocycles. The molecule has 0 amide bonds. The zero-order valence-electron chi connectivity index (χ0n) is 14.7. The molecular weight excluding hydrogens is 429 g/mol. The Morgan fingerprint density at radius 1 is 1.16 bits per heavy atom. The third-order valence-corrected chi connectivity index (χ3v) is 3.96. The number of aliphatic imine (C=N–C) groups is 1. The number of aromatic nitrogens is 4. The summed E-state index contributed by atoms with van der Waals surface area (Å²) in [7, 11) is 3.96. The van der Waals surface area contributed by atoms with E-state index in [1.165, 1.54) is 0 Å². The molecule has 2 N–H and O–H groups in total. The lowest BCUT2D eigenvalue weighted by Gasteiger charge is -2.11. The van der Waals surface area contributed by atoms with Gasteiger partial charge in [-0.2, -0.15) is 5.10 Å². The van der Waals surface area contributed by atoms with E-state index in [2.05, 4.69) is 43.3 Å². The topological polar surface area (TPSA) is 72.1 Å². The maximum absolute atomic E-state index is 4.67. The number of guanidine groups is 1. The molecule has 2 aromatic heterocycles. The highest BCUT2D eigenvalue weighted by atomic mass is 127. The fourth-order valence-corrected chi connectivity index (χ4v) is 2.57. The predicted molar refractivity (Wildman–Crippen MR) is 111 cm³/mol. The van der Waals surface area contributed by atoms with Crippen LogP contribution in [0.3, 0.4) is 0 Å². The van der Waals surface area contributed by atoms with Crippen LogP contribution in [0.1, 0.15) is 18.4 Å². The van der Waals surface area contributed by atoms with Crippen LogP contribution in [0.4, 0.5) is 0 Å². The van der Waals surface area contributed by atoms with Gasteiger partial charge < -0.3 is 15.2 Å². The smallest absolute Gasteiger partial charge is 0.192 e. The number of halogens is 1. The van der Waals surface area contributed by atoms with E-state index in [0.29, 0.717) is 13.1 Å². The summed E-state index contributed by atoms with van der Waals surface area (Å²) in [6.07, 6.45) is 1.78. The number of nitrogens with zero attached hydrogens (tertiary/aromatic N) is 5. The fraction of sp³-hybridized carbons (Fsp3) is 0.353. The molecule has 8 heteroatoms. The van der Waals surface area contributed by atoms with Crippen LogP contribution in [0, 0.1) is 0 Å². The second-order valence-electron chi connectivity index (χ2n) is 5.57. The summed E-state index contributed by atoms with van der Waals surface area (Å²) in [5.41, 5.74) is 3.20. The minimum Gasteiger partial charge on any atom is -0.357 e. The summed E-state index contributed by atoms with van der Waals surface area (Å²) in [5.74, 6) is 1.74. The van der Waals surface area contributed by atoms with Crippen molar-refractivity contribution in [2.45, 2.75) is 20.0 Å². The maximum Gasteiger partial charge on any atom is 0.192 e. The van der Waals surface area contributed by atoms with E-state index in [1.54, 1.807) is 6.20 Å². The van der Waals surface area contributed by atoms with Crippen LogP contribution in [0.15, 0.2) is 41.5 Å². The van der Waals surface area contributed by atoms with Gasteiger partial charge in [0.25, 0.3) is 0 Å². The summed E-state index contributed by atoms with van der Waals surface area (Å²) in [5, 5.41) is 10.8. The van der Waals surface area contributed by atoms with E-state index in [-0.39, 0.29) is 24.0 Å². The molecule has 3 rings (SSSR count). The fourth-order valence-electron chi connectivity index (χ4n) is 2.57. The van der Waals surface area contributed by atoms with Gasteiger partial charge in [0.05, 0.1) is 29.8 Å². The Balaban J connectivity index is 0.00000225. The van der Waals surface area contributed by atoms with Crippen LogP contribution in [-0.4, -0.2) is 31.8 Å².